The number of urea groups is 1. The summed E-state index contributed by atoms with van der Waals surface area (Å²) >= 11 is 0. The van der Waals surface area contributed by atoms with Gasteiger partial charge in [0.25, 0.3) is 5.91 Å². The van der Waals surface area contributed by atoms with Crippen molar-refractivity contribution in [2.45, 2.75) is 44.8 Å². The van der Waals surface area contributed by atoms with Gasteiger partial charge >= 0.3 is 6.03 Å². The minimum absolute atomic E-state index is 0.142. The van der Waals surface area contributed by atoms with Crippen molar-refractivity contribution < 1.29 is 19.1 Å². The Morgan fingerprint density at radius 1 is 1.19 bits per heavy atom. The highest BCUT2D eigenvalue weighted by molar-refractivity contribution is 5.95. The zero-order valence-corrected chi connectivity index (χ0v) is 15.5. The molecule has 0 aliphatic carbocycles. The van der Waals surface area contributed by atoms with Gasteiger partial charge in [0.2, 0.25) is 5.91 Å². The first kappa shape index (κ1) is 19.2. The molecule has 2 aliphatic rings. The van der Waals surface area contributed by atoms with Crippen molar-refractivity contribution in [1.82, 2.24) is 10.2 Å². The highest BCUT2D eigenvalue weighted by atomic mass is 16.5. The van der Waals surface area contributed by atoms with Gasteiger partial charge < -0.3 is 25.6 Å². The highest BCUT2D eigenvalue weighted by Crippen LogP contribution is 2.17. The van der Waals surface area contributed by atoms with Gasteiger partial charge in [0, 0.05) is 43.5 Å². The van der Waals surface area contributed by atoms with Crippen molar-refractivity contribution >= 4 is 29.2 Å². The molecule has 0 radical (unpaired) electrons. The average molecular weight is 374 g/mol. The van der Waals surface area contributed by atoms with Gasteiger partial charge in [-0.2, -0.15) is 0 Å². The van der Waals surface area contributed by atoms with Crippen molar-refractivity contribution in [3.8, 4) is 0 Å². The predicted octanol–water partition coefficient (Wildman–Crippen LogP) is 1.94. The summed E-state index contributed by atoms with van der Waals surface area (Å²) in [6.45, 7) is 3.77. The van der Waals surface area contributed by atoms with Gasteiger partial charge in [-0.1, -0.05) is 0 Å². The van der Waals surface area contributed by atoms with Gasteiger partial charge in [0.15, 0.2) is 0 Å². The Kier molecular flexibility index (Phi) is 6.28. The fourth-order valence-electron chi connectivity index (χ4n) is 3.31. The minimum Gasteiger partial charge on any atom is -0.368 e. The maximum Gasteiger partial charge on any atom is 0.319 e. The molecule has 3 rings (SSSR count). The summed E-state index contributed by atoms with van der Waals surface area (Å²) in [6.07, 6.45) is 2.74. The molecule has 2 saturated heterocycles. The molecule has 0 bridgehead atoms. The predicted molar refractivity (Wildman–Crippen MR) is 101 cm³/mol. The second-order valence-electron chi connectivity index (χ2n) is 7.01. The molecule has 3 N–H and O–H groups in total. The number of amides is 4. The number of nitrogens with zero attached hydrogens (tertiary/aromatic N) is 1. The van der Waals surface area contributed by atoms with Gasteiger partial charge in [0.1, 0.15) is 6.10 Å². The Labute approximate surface area is 158 Å². The lowest BCUT2D eigenvalue weighted by atomic mass is 10.2. The van der Waals surface area contributed by atoms with E-state index in [1.54, 1.807) is 29.2 Å². The molecular weight excluding hydrogens is 348 g/mol. The van der Waals surface area contributed by atoms with E-state index in [0.717, 1.165) is 25.8 Å². The van der Waals surface area contributed by atoms with Crippen molar-refractivity contribution in [2.24, 2.45) is 0 Å². The smallest absolute Gasteiger partial charge is 0.319 e. The molecule has 0 spiro atoms. The van der Waals surface area contributed by atoms with Crippen LogP contribution >= 0.6 is 0 Å². The monoisotopic (exact) mass is 374 g/mol. The number of rotatable bonds is 6. The Bertz CT molecular complexity index is 685. The topological polar surface area (TPSA) is 99.8 Å². The summed E-state index contributed by atoms with van der Waals surface area (Å²) in [6, 6.07) is 6.43. The minimum atomic E-state index is -0.377. The van der Waals surface area contributed by atoms with Crippen LogP contribution in [0, 0.1) is 0 Å². The second kappa shape index (κ2) is 8.85. The molecule has 0 aromatic heterocycles. The highest BCUT2D eigenvalue weighted by Gasteiger charge is 2.24. The number of likely N-dealkylation sites (tertiary alicyclic amines) is 1. The zero-order chi connectivity index (χ0) is 19.2. The third kappa shape index (κ3) is 5.43. The molecule has 1 aromatic carbocycles. The average Bonchev–Trinajstić information content (AvgIpc) is 3.29. The van der Waals surface area contributed by atoms with Crippen LogP contribution in [0.15, 0.2) is 24.3 Å². The number of benzene rings is 1. The quantitative estimate of drug-likeness (QED) is 0.708. The standard InChI is InChI=1S/C19H26N4O4/c1-13(12-23-10-2-5-17(23)24)20-19(26)22-15-8-6-14(7-9-15)21-18(25)16-4-3-11-27-16/h6-9,13,16H,2-5,10-12H2,1H3,(H,21,25)(H2,20,22,26)/t13-,16-/m1/s1. The summed E-state index contributed by atoms with van der Waals surface area (Å²) < 4.78 is 5.35. The number of hydrogen-bond acceptors (Lipinski definition) is 4. The number of ether oxygens (including phenoxy) is 1. The first-order valence-corrected chi connectivity index (χ1v) is 9.39. The summed E-state index contributed by atoms with van der Waals surface area (Å²) in [5, 5.41) is 8.39. The first-order valence-electron chi connectivity index (χ1n) is 9.39. The second-order valence-corrected chi connectivity index (χ2v) is 7.01. The van der Waals surface area contributed by atoms with Crippen molar-refractivity contribution in [2.75, 3.05) is 30.3 Å². The Balaban J connectivity index is 1.43. The number of carbonyl (C=O) groups is 3. The number of anilines is 2. The third-order valence-electron chi connectivity index (χ3n) is 4.68. The first-order chi connectivity index (χ1) is 13.0. The lowest BCUT2D eigenvalue weighted by molar-refractivity contribution is -0.128. The van der Waals surface area contributed by atoms with Crippen LogP contribution in [0.4, 0.5) is 16.2 Å². The van der Waals surface area contributed by atoms with E-state index in [9.17, 15) is 14.4 Å². The molecule has 27 heavy (non-hydrogen) atoms. The molecule has 4 amide bonds. The van der Waals surface area contributed by atoms with Crippen LogP contribution in [0.25, 0.3) is 0 Å². The molecule has 146 valence electrons. The Morgan fingerprint density at radius 3 is 2.48 bits per heavy atom. The normalized spacial score (nSPS) is 20.4. The number of nitrogens with one attached hydrogen (secondary N) is 3. The molecule has 0 saturated carbocycles. The zero-order valence-electron chi connectivity index (χ0n) is 15.5. The van der Waals surface area contributed by atoms with Crippen LogP contribution < -0.4 is 16.0 Å². The molecule has 8 nitrogen and oxygen atoms in total. The lowest BCUT2D eigenvalue weighted by Gasteiger charge is -2.21. The van der Waals surface area contributed by atoms with E-state index in [1.165, 1.54) is 0 Å². The van der Waals surface area contributed by atoms with Crippen molar-refractivity contribution in [1.29, 1.82) is 0 Å². The summed E-state index contributed by atoms with van der Waals surface area (Å²) in [5.41, 5.74) is 1.27. The van der Waals surface area contributed by atoms with Crippen LogP contribution in [0.5, 0.6) is 0 Å². The SMILES string of the molecule is C[C@H](CN1CCCC1=O)NC(=O)Nc1ccc(NC(=O)[C@H]2CCCO2)cc1. The van der Waals surface area contributed by atoms with Crippen molar-refractivity contribution in [3.63, 3.8) is 0 Å². The fraction of sp³-hybridized carbons (Fsp3) is 0.526. The Morgan fingerprint density at radius 2 is 1.89 bits per heavy atom. The van der Waals surface area contributed by atoms with Crippen LogP contribution in [0.2, 0.25) is 0 Å². The molecule has 2 atom stereocenters. The maximum atomic E-state index is 12.1. The van der Waals surface area contributed by atoms with E-state index >= 15 is 0 Å². The van der Waals surface area contributed by atoms with Gasteiger partial charge in [-0.25, -0.2) is 4.79 Å². The molecule has 2 aliphatic heterocycles. The van der Waals surface area contributed by atoms with Gasteiger partial charge in [0.05, 0.1) is 0 Å². The summed E-state index contributed by atoms with van der Waals surface area (Å²) in [7, 11) is 0. The molecule has 2 heterocycles. The maximum absolute atomic E-state index is 12.1. The van der Waals surface area contributed by atoms with Gasteiger partial charge in [-0.3, -0.25) is 9.59 Å². The van der Waals surface area contributed by atoms with Gasteiger partial charge in [-0.15, -0.1) is 0 Å². The van der Waals surface area contributed by atoms with E-state index in [-0.39, 0.29) is 30.0 Å². The van der Waals surface area contributed by atoms with E-state index in [4.69, 9.17) is 4.74 Å². The van der Waals surface area contributed by atoms with Gasteiger partial charge in [-0.05, 0) is 50.5 Å². The largest absolute Gasteiger partial charge is 0.368 e. The number of hydrogen-bond donors (Lipinski definition) is 3. The lowest BCUT2D eigenvalue weighted by Crippen LogP contribution is -2.44. The third-order valence-corrected chi connectivity index (χ3v) is 4.68. The summed E-state index contributed by atoms with van der Waals surface area (Å²) in [5.74, 6) is 0.000866. The van der Waals surface area contributed by atoms with E-state index < -0.39 is 0 Å². The van der Waals surface area contributed by atoms with Crippen LogP contribution in [0.3, 0.4) is 0 Å². The van der Waals surface area contributed by atoms with E-state index in [0.29, 0.717) is 30.9 Å². The molecule has 1 aromatic rings. The van der Waals surface area contributed by atoms with E-state index in [1.807, 2.05) is 6.92 Å². The fourth-order valence-corrected chi connectivity index (χ4v) is 3.31. The molecule has 0 unspecified atom stereocenters. The van der Waals surface area contributed by atoms with Crippen molar-refractivity contribution in [3.05, 3.63) is 24.3 Å². The summed E-state index contributed by atoms with van der Waals surface area (Å²) in [4.78, 5) is 37.5. The van der Waals surface area contributed by atoms with Crippen LogP contribution in [0.1, 0.15) is 32.6 Å². The molecule has 8 heteroatoms. The molecular formula is C19H26N4O4. The number of carbonyl (C=O) groups excluding carboxylic acids is 3. The Hall–Kier alpha value is -2.61. The van der Waals surface area contributed by atoms with E-state index in [2.05, 4.69) is 16.0 Å². The van der Waals surface area contributed by atoms with Crippen LogP contribution in [-0.4, -0.2) is 54.6 Å². The van der Waals surface area contributed by atoms with Crippen LogP contribution in [-0.2, 0) is 14.3 Å². The molecule has 2 fully saturated rings.